The van der Waals surface area contributed by atoms with Crippen molar-refractivity contribution in [3.8, 4) is 0 Å². The molecule has 6 rings (SSSR count). The maximum absolute atomic E-state index is 14.8. The molecule has 17 atom stereocenters. The van der Waals surface area contributed by atoms with Crippen LogP contribution in [0.5, 0.6) is 0 Å². The minimum atomic E-state index is -0.598. The first-order valence-corrected chi connectivity index (χ1v) is 20.9. The zero-order chi connectivity index (χ0) is 38.8. The van der Waals surface area contributed by atoms with Crippen molar-refractivity contribution in [2.45, 2.75) is 166 Å². The van der Waals surface area contributed by atoms with Gasteiger partial charge < -0.3 is 42.8 Å². The lowest BCUT2D eigenvalue weighted by molar-refractivity contribution is -0.314. The summed E-state index contributed by atoms with van der Waals surface area (Å²) < 4.78 is 49.9. The van der Waals surface area contributed by atoms with Gasteiger partial charge in [0, 0.05) is 39.2 Å². The van der Waals surface area contributed by atoms with E-state index < -0.39 is 12.4 Å². The molecule has 11 nitrogen and oxygen atoms in total. The van der Waals surface area contributed by atoms with Crippen molar-refractivity contribution in [3.63, 3.8) is 0 Å². The first kappa shape index (κ1) is 41.9. The molecule has 6 aliphatic rings. The zero-order valence-electron chi connectivity index (χ0n) is 34.6. The topological polar surface area (TPSA) is 111 Å². The second-order valence-corrected chi connectivity index (χ2v) is 17.2. The van der Waals surface area contributed by atoms with E-state index in [2.05, 4.69) is 51.9 Å². The highest BCUT2D eigenvalue weighted by molar-refractivity contribution is 5.99. The molecule has 3 heterocycles. The Bertz CT molecular complexity index is 1350. The van der Waals surface area contributed by atoms with E-state index in [1.54, 1.807) is 21.3 Å². The highest BCUT2D eigenvalue weighted by Crippen LogP contribution is 2.57. The number of nitrogens with zero attached hydrogens (tertiary/aromatic N) is 1. The van der Waals surface area contributed by atoms with E-state index in [4.69, 9.17) is 37.9 Å². The molecule has 0 bridgehead atoms. The molecular weight excluding hydrogens is 690 g/mol. The first-order valence-electron chi connectivity index (χ1n) is 20.9. The molecule has 54 heavy (non-hydrogen) atoms. The quantitative estimate of drug-likeness (QED) is 0.186. The van der Waals surface area contributed by atoms with Crippen LogP contribution in [0.3, 0.4) is 0 Å². The molecule has 4 fully saturated rings. The van der Waals surface area contributed by atoms with Gasteiger partial charge in [0.05, 0.1) is 30.8 Å². The Morgan fingerprint density at radius 2 is 1.54 bits per heavy atom. The maximum atomic E-state index is 14.8. The molecule has 0 spiro atoms. The number of ether oxygens (including phenoxy) is 8. The average Bonchev–Trinajstić information content (AvgIpc) is 3.73. The Morgan fingerprint density at radius 3 is 2.19 bits per heavy atom. The van der Waals surface area contributed by atoms with Crippen LogP contribution in [0, 0.1) is 35.5 Å². The number of ketones is 1. The number of Topliss-reactive ketones (excluding diaryl/α,β-unsaturated/α-hetero) is 1. The summed E-state index contributed by atoms with van der Waals surface area (Å²) in [6, 6.07) is 0.337. The van der Waals surface area contributed by atoms with E-state index >= 15 is 0 Å². The Balaban J connectivity index is 1.25. The molecule has 3 aliphatic heterocycles. The van der Waals surface area contributed by atoms with Crippen LogP contribution in [0.25, 0.3) is 0 Å². The van der Waals surface area contributed by atoms with Crippen molar-refractivity contribution >= 4 is 11.8 Å². The van der Waals surface area contributed by atoms with Crippen LogP contribution in [0.2, 0.25) is 0 Å². The molecule has 1 saturated carbocycles. The molecule has 0 aromatic carbocycles. The standard InChI is InChI=1S/C43H69NO10/c1-11-26-18-30-32(31-20-28(19-29(26)31)53-43-42(49-10)41(48-9)40(47-8)25(5)51-43)21-34-33(30)22-37(45)52-27(12-2)14-13-15-36(23(3)39(34)46)54-38-17-16-35(44(6)7)24(4)50-38/h18,21,23-25,27-33,35-36,38,40-43H,11-17,19-20,22H2,1-10H3. The van der Waals surface area contributed by atoms with Crippen LogP contribution in [-0.4, -0.2) is 120 Å². The third-order valence-electron chi connectivity index (χ3n) is 13.9. The third-order valence-corrected chi connectivity index (χ3v) is 13.9. The molecule has 0 aromatic rings. The second-order valence-electron chi connectivity index (χ2n) is 17.2. The van der Waals surface area contributed by atoms with Gasteiger partial charge in [-0.2, -0.15) is 0 Å². The van der Waals surface area contributed by atoms with Gasteiger partial charge in [0.2, 0.25) is 0 Å². The smallest absolute Gasteiger partial charge is 0.306 e. The van der Waals surface area contributed by atoms with Crippen molar-refractivity contribution < 1.29 is 47.5 Å². The fourth-order valence-corrected chi connectivity index (χ4v) is 11.0. The SMILES string of the molecule is CCC1=CC2C3CC(=O)OC(CC)CCCC(OC4CCC(N(C)C)C(C)O4)C(C)C(=O)C3=CC2C2CC(OC3OC(C)C(OC)C(OC)C3OC)CC12. The lowest BCUT2D eigenvalue weighted by Gasteiger charge is -2.44. The highest BCUT2D eigenvalue weighted by atomic mass is 16.7. The molecule has 0 radical (unpaired) electrons. The lowest BCUT2D eigenvalue weighted by Crippen LogP contribution is -2.59. The molecule has 3 saturated heterocycles. The number of hydrogen-bond donors (Lipinski definition) is 0. The van der Waals surface area contributed by atoms with Gasteiger partial charge in [0.25, 0.3) is 0 Å². The Kier molecular flexibility index (Phi) is 14.2. The van der Waals surface area contributed by atoms with Gasteiger partial charge in [0.1, 0.15) is 24.4 Å². The summed E-state index contributed by atoms with van der Waals surface area (Å²) in [4.78, 5) is 30.7. The van der Waals surface area contributed by atoms with Crippen molar-refractivity contribution in [2.75, 3.05) is 35.4 Å². The summed E-state index contributed by atoms with van der Waals surface area (Å²) in [7, 11) is 9.18. The fraction of sp³-hybridized carbons (Fsp3) is 0.860. The minimum Gasteiger partial charge on any atom is -0.462 e. The van der Waals surface area contributed by atoms with Crippen LogP contribution < -0.4 is 0 Å². The minimum absolute atomic E-state index is 0.0359. The van der Waals surface area contributed by atoms with E-state index in [-0.39, 0.29) is 96.8 Å². The molecule has 0 amide bonds. The van der Waals surface area contributed by atoms with Gasteiger partial charge in [-0.25, -0.2) is 0 Å². The van der Waals surface area contributed by atoms with Crippen LogP contribution >= 0.6 is 0 Å². The molecule has 11 heteroatoms. The van der Waals surface area contributed by atoms with Crippen molar-refractivity contribution in [1.29, 1.82) is 0 Å². The molecule has 306 valence electrons. The van der Waals surface area contributed by atoms with Gasteiger partial charge in [-0.15, -0.1) is 0 Å². The predicted octanol–water partition coefficient (Wildman–Crippen LogP) is 6.27. The second kappa shape index (κ2) is 18.3. The van der Waals surface area contributed by atoms with Crippen molar-refractivity contribution in [3.05, 3.63) is 23.3 Å². The van der Waals surface area contributed by atoms with Gasteiger partial charge in [-0.05, 0) is 115 Å². The summed E-state index contributed by atoms with van der Waals surface area (Å²) in [6.45, 7) is 10.4. The van der Waals surface area contributed by atoms with Crippen LogP contribution in [0.4, 0.5) is 0 Å². The zero-order valence-corrected chi connectivity index (χ0v) is 34.6. The fourth-order valence-electron chi connectivity index (χ4n) is 11.0. The normalized spacial score (nSPS) is 44.7. The van der Waals surface area contributed by atoms with Gasteiger partial charge in [-0.1, -0.05) is 38.5 Å². The van der Waals surface area contributed by atoms with E-state index in [0.29, 0.717) is 18.4 Å². The third kappa shape index (κ3) is 8.59. The first-order chi connectivity index (χ1) is 25.9. The molecule has 3 aliphatic carbocycles. The Labute approximate surface area is 324 Å². The van der Waals surface area contributed by atoms with E-state index in [9.17, 15) is 9.59 Å². The maximum Gasteiger partial charge on any atom is 0.306 e. The number of fused-ring (bicyclic) bond motifs is 5. The number of carbonyl (C=O) groups excluding carboxylic acids is 2. The molecular formula is C43H69NO10. The average molecular weight is 760 g/mol. The van der Waals surface area contributed by atoms with Crippen LogP contribution in [0.1, 0.15) is 98.8 Å². The largest absolute Gasteiger partial charge is 0.462 e. The molecule has 0 N–H and O–H groups in total. The summed E-state index contributed by atoms with van der Waals surface area (Å²) in [5.74, 6) is 0.0451. The number of esters is 1. The summed E-state index contributed by atoms with van der Waals surface area (Å²) in [6.07, 6.45) is 9.58. The number of allylic oxidation sites excluding steroid dienone is 4. The van der Waals surface area contributed by atoms with Gasteiger partial charge in [-0.3, -0.25) is 9.59 Å². The van der Waals surface area contributed by atoms with E-state index in [1.165, 1.54) is 5.57 Å². The van der Waals surface area contributed by atoms with Gasteiger partial charge >= 0.3 is 5.97 Å². The van der Waals surface area contributed by atoms with Crippen LogP contribution in [0.15, 0.2) is 23.3 Å². The summed E-state index contributed by atoms with van der Waals surface area (Å²) >= 11 is 0. The van der Waals surface area contributed by atoms with Crippen molar-refractivity contribution in [1.82, 2.24) is 4.90 Å². The number of likely N-dealkylation sites (N-methyl/N-ethyl adjacent to an activating group) is 1. The van der Waals surface area contributed by atoms with Crippen molar-refractivity contribution in [2.24, 2.45) is 35.5 Å². The number of methoxy groups -OCH3 is 3. The number of cyclic esters (lactones) is 1. The summed E-state index contributed by atoms with van der Waals surface area (Å²) in [5.41, 5.74) is 2.17. The van der Waals surface area contributed by atoms with Gasteiger partial charge in [0.15, 0.2) is 18.4 Å². The molecule has 0 aromatic heterocycles. The van der Waals surface area contributed by atoms with Crippen LogP contribution in [-0.2, 0) is 47.5 Å². The highest BCUT2D eigenvalue weighted by Gasteiger charge is 2.54. The van der Waals surface area contributed by atoms with E-state index in [0.717, 1.165) is 56.9 Å². The Hall–Kier alpha value is -1.70. The summed E-state index contributed by atoms with van der Waals surface area (Å²) in [5, 5.41) is 0. The lowest BCUT2D eigenvalue weighted by atomic mass is 9.67. The monoisotopic (exact) mass is 759 g/mol. The number of rotatable bonds is 10. The Morgan fingerprint density at radius 1 is 0.796 bits per heavy atom. The number of hydrogen-bond acceptors (Lipinski definition) is 11. The van der Waals surface area contributed by atoms with E-state index in [1.807, 2.05) is 13.8 Å². The molecule has 17 unspecified atom stereocenters. The number of carbonyl (C=O) groups is 2. The predicted molar refractivity (Wildman–Crippen MR) is 203 cm³/mol.